The largest absolute Gasteiger partial charge is 0.496 e. The first-order chi connectivity index (χ1) is 21.9. The summed E-state index contributed by atoms with van der Waals surface area (Å²) in [6, 6.07) is 19.9. The molecular weight excluding hydrogens is 664 g/mol. The Morgan fingerprint density at radius 1 is 0.911 bits per heavy atom. The van der Waals surface area contributed by atoms with Crippen LogP contribution in [0.5, 0.6) is 17.6 Å². The van der Waals surface area contributed by atoms with Gasteiger partial charge in [0.2, 0.25) is 11.8 Å². The molecule has 232 valence electrons. The van der Waals surface area contributed by atoms with Gasteiger partial charge in [-0.3, -0.25) is 4.72 Å². The number of para-hydroxylation sites is 1. The minimum absolute atomic E-state index is 0.0383. The summed E-state index contributed by atoms with van der Waals surface area (Å²) in [4.78, 5) is 19.7. The number of rotatable bonds is 11. The molecule has 0 spiro atoms. The van der Waals surface area contributed by atoms with Gasteiger partial charge in [-0.05, 0) is 44.9 Å². The van der Waals surface area contributed by atoms with Crippen LogP contribution in [0.15, 0.2) is 88.5 Å². The highest BCUT2D eigenvalue weighted by Crippen LogP contribution is 2.41. The molecule has 0 unspecified atom stereocenters. The summed E-state index contributed by atoms with van der Waals surface area (Å²) in [6.07, 6.45) is 3.16. The SMILES string of the molecule is COc1ccccc1-c1c(NS(=O)(=O)c2ccc3ccccc3c2)nc(N2CCOCC2)nc1OCCOc1ncc(Br)cn1. The third-order valence-electron chi connectivity index (χ3n) is 6.95. The summed E-state index contributed by atoms with van der Waals surface area (Å²) >= 11 is 3.30. The van der Waals surface area contributed by atoms with Crippen molar-refractivity contribution >= 4 is 48.5 Å². The quantitative estimate of drug-likeness (QED) is 0.188. The lowest BCUT2D eigenvalue weighted by Crippen LogP contribution is -2.37. The van der Waals surface area contributed by atoms with Gasteiger partial charge in [-0.15, -0.1) is 0 Å². The van der Waals surface area contributed by atoms with Gasteiger partial charge in [0.05, 0.1) is 35.3 Å². The molecule has 12 nitrogen and oxygen atoms in total. The molecule has 1 saturated heterocycles. The first-order valence-electron chi connectivity index (χ1n) is 14.0. The number of nitrogens with one attached hydrogen (secondary N) is 1. The molecule has 1 aliphatic heterocycles. The molecule has 0 amide bonds. The lowest BCUT2D eigenvalue weighted by atomic mass is 10.1. The summed E-state index contributed by atoms with van der Waals surface area (Å²) in [5.41, 5.74) is 0.852. The van der Waals surface area contributed by atoms with Crippen molar-refractivity contribution in [1.82, 2.24) is 19.9 Å². The molecule has 14 heteroatoms. The molecular formula is C31H29BrN6O6S. The molecule has 1 N–H and O–H groups in total. The number of fused-ring (bicyclic) bond motifs is 1. The van der Waals surface area contributed by atoms with Crippen LogP contribution in [-0.4, -0.2) is 75.0 Å². The number of sulfonamides is 1. The fourth-order valence-corrected chi connectivity index (χ4v) is 6.03. The van der Waals surface area contributed by atoms with E-state index in [9.17, 15) is 8.42 Å². The van der Waals surface area contributed by atoms with Crippen LogP contribution in [0.2, 0.25) is 0 Å². The Morgan fingerprint density at radius 3 is 2.40 bits per heavy atom. The number of morpholine rings is 1. The predicted molar refractivity (Wildman–Crippen MR) is 173 cm³/mol. The van der Waals surface area contributed by atoms with Crippen molar-refractivity contribution in [3.05, 3.63) is 83.6 Å². The van der Waals surface area contributed by atoms with E-state index in [2.05, 4.69) is 30.6 Å². The number of hydrogen-bond acceptors (Lipinski definition) is 11. The van der Waals surface area contributed by atoms with Crippen LogP contribution in [0.1, 0.15) is 0 Å². The second-order valence-corrected chi connectivity index (χ2v) is 12.4. The average molecular weight is 694 g/mol. The van der Waals surface area contributed by atoms with E-state index in [0.717, 1.165) is 15.2 Å². The molecule has 5 aromatic rings. The Kier molecular flexibility index (Phi) is 9.23. The molecule has 0 atom stereocenters. The summed E-state index contributed by atoms with van der Waals surface area (Å²) in [5, 5.41) is 1.72. The van der Waals surface area contributed by atoms with Gasteiger partial charge in [0.15, 0.2) is 5.82 Å². The van der Waals surface area contributed by atoms with Gasteiger partial charge < -0.3 is 23.8 Å². The molecule has 0 aliphatic carbocycles. The maximum Gasteiger partial charge on any atom is 0.316 e. The molecule has 0 saturated carbocycles. The van der Waals surface area contributed by atoms with Crippen molar-refractivity contribution in [3.63, 3.8) is 0 Å². The Bertz CT molecular complexity index is 1910. The second kappa shape index (κ2) is 13.6. The minimum atomic E-state index is -4.11. The molecule has 2 aromatic heterocycles. The van der Waals surface area contributed by atoms with E-state index >= 15 is 0 Å². The Balaban J connectivity index is 1.41. The predicted octanol–water partition coefficient (Wildman–Crippen LogP) is 4.95. The van der Waals surface area contributed by atoms with Gasteiger partial charge in [-0.1, -0.05) is 48.5 Å². The molecule has 3 aromatic carbocycles. The van der Waals surface area contributed by atoms with E-state index in [0.29, 0.717) is 49.1 Å². The highest BCUT2D eigenvalue weighted by molar-refractivity contribution is 9.10. The number of ether oxygens (including phenoxy) is 4. The number of methoxy groups -OCH3 is 1. The Morgan fingerprint density at radius 2 is 1.62 bits per heavy atom. The van der Waals surface area contributed by atoms with Crippen LogP contribution in [0.3, 0.4) is 0 Å². The number of nitrogens with zero attached hydrogens (tertiary/aromatic N) is 5. The molecule has 1 aliphatic rings. The highest BCUT2D eigenvalue weighted by Gasteiger charge is 2.27. The first-order valence-corrected chi connectivity index (χ1v) is 16.3. The van der Waals surface area contributed by atoms with Crippen LogP contribution >= 0.6 is 15.9 Å². The van der Waals surface area contributed by atoms with Gasteiger partial charge in [0.1, 0.15) is 19.0 Å². The minimum Gasteiger partial charge on any atom is -0.496 e. The Hall–Kier alpha value is -4.53. The zero-order chi connectivity index (χ0) is 31.2. The van der Waals surface area contributed by atoms with Gasteiger partial charge in [0, 0.05) is 31.0 Å². The van der Waals surface area contributed by atoms with Crippen LogP contribution in [0.4, 0.5) is 11.8 Å². The summed E-state index contributed by atoms with van der Waals surface area (Å²) in [6.45, 7) is 2.16. The van der Waals surface area contributed by atoms with Crippen molar-refractivity contribution < 1.29 is 27.4 Å². The number of hydrogen-bond donors (Lipinski definition) is 1. The van der Waals surface area contributed by atoms with Crippen LogP contribution < -0.4 is 23.8 Å². The smallest absolute Gasteiger partial charge is 0.316 e. The van der Waals surface area contributed by atoms with Gasteiger partial charge in [0.25, 0.3) is 10.0 Å². The highest BCUT2D eigenvalue weighted by atomic mass is 79.9. The first kappa shape index (κ1) is 30.5. The van der Waals surface area contributed by atoms with Gasteiger partial charge in [-0.2, -0.15) is 9.97 Å². The molecule has 1 fully saturated rings. The van der Waals surface area contributed by atoms with E-state index in [4.69, 9.17) is 28.9 Å². The second-order valence-electron chi connectivity index (χ2n) is 9.85. The number of halogens is 1. The fraction of sp³-hybridized carbons (Fsp3) is 0.226. The molecule has 6 rings (SSSR count). The zero-order valence-corrected chi connectivity index (χ0v) is 26.6. The number of aromatic nitrogens is 4. The lowest BCUT2D eigenvalue weighted by molar-refractivity contribution is 0.122. The van der Waals surface area contributed by atoms with Gasteiger partial charge >= 0.3 is 6.01 Å². The summed E-state index contributed by atoms with van der Waals surface area (Å²) in [7, 11) is -2.57. The van der Waals surface area contributed by atoms with Crippen LogP contribution in [0, 0.1) is 0 Å². The topological polar surface area (TPSA) is 138 Å². The van der Waals surface area contributed by atoms with Crippen LogP contribution in [-0.2, 0) is 14.8 Å². The van der Waals surface area contributed by atoms with Crippen molar-refractivity contribution in [2.45, 2.75) is 4.90 Å². The van der Waals surface area contributed by atoms with E-state index in [1.807, 2.05) is 41.3 Å². The van der Waals surface area contributed by atoms with E-state index < -0.39 is 10.0 Å². The third kappa shape index (κ3) is 7.08. The standard InChI is InChI=1S/C31H29BrN6O6S/c1-41-26-9-5-4-8-25(26)27-28(37-45(39,40)24-11-10-21-6-2-3-7-22(21)18-24)35-30(38-12-14-42-15-13-38)36-29(27)43-16-17-44-31-33-19-23(32)20-34-31/h2-11,18-20H,12-17H2,1H3,(H,35,36,37). The number of anilines is 2. The average Bonchev–Trinajstić information content (AvgIpc) is 3.07. The van der Waals surface area contributed by atoms with Gasteiger partial charge in [-0.25, -0.2) is 18.4 Å². The number of benzene rings is 3. The normalized spacial score (nSPS) is 13.4. The van der Waals surface area contributed by atoms with Crippen molar-refractivity contribution in [1.29, 1.82) is 0 Å². The Labute approximate surface area is 268 Å². The molecule has 3 heterocycles. The summed E-state index contributed by atoms with van der Waals surface area (Å²) in [5.74, 6) is 0.958. The van der Waals surface area contributed by atoms with Crippen molar-refractivity contribution in [3.8, 4) is 28.8 Å². The van der Waals surface area contributed by atoms with E-state index in [-0.39, 0.29) is 35.8 Å². The van der Waals surface area contributed by atoms with Crippen molar-refractivity contribution in [2.75, 3.05) is 56.2 Å². The maximum absolute atomic E-state index is 13.9. The zero-order valence-electron chi connectivity index (χ0n) is 24.2. The van der Waals surface area contributed by atoms with E-state index in [1.165, 1.54) is 7.11 Å². The monoisotopic (exact) mass is 692 g/mol. The molecule has 0 bridgehead atoms. The lowest BCUT2D eigenvalue weighted by Gasteiger charge is -2.28. The molecule has 45 heavy (non-hydrogen) atoms. The summed E-state index contributed by atoms with van der Waals surface area (Å²) < 4.78 is 54.3. The third-order valence-corrected chi connectivity index (χ3v) is 8.69. The molecule has 0 radical (unpaired) electrons. The fourth-order valence-electron chi connectivity index (χ4n) is 4.77. The van der Waals surface area contributed by atoms with Crippen LogP contribution in [0.25, 0.3) is 21.9 Å². The van der Waals surface area contributed by atoms with E-state index in [1.54, 1.807) is 42.7 Å². The van der Waals surface area contributed by atoms with Crippen molar-refractivity contribution in [2.24, 2.45) is 0 Å². The maximum atomic E-state index is 13.9.